The van der Waals surface area contributed by atoms with Crippen molar-refractivity contribution < 1.29 is 28.8 Å². The maximum atomic E-state index is 12.9. The molecule has 0 radical (unpaired) electrons. The number of hydrogen-bond donors (Lipinski definition) is 2. The van der Waals surface area contributed by atoms with E-state index in [0.717, 1.165) is 15.8 Å². The summed E-state index contributed by atoms with van der Waals surface area (Å²) in [5, 5.41) is 18.5. The molecule has 0 atom stereocenters. The second kappa shape index (κ2) is 14.3. The highest BCUT2D eigenvalue weighted by atomic mass is 79.9. The molecule has 4 aromatic carbocycles. The molecule has 0 unspecified atom stereocenters. The SMILES string of the molecule is CCOc1cc(/C=N\NC(=O)c2ccc(NC(=O)c3sc4cc([N+](=O)[O-])ccc4c3Cl)cc2)ccc1OC(=O)c1ccc(Br)cc1. The lowest BCUT2D eigenvalue weighted by molar-refractivity contribution is -0.384. The zero-order chi connectivity index (χ0) is 32.8. The number of fused-ring (bicyclic) bond motifs is 1. The molecule has 0 saturated carbocycles. The van der Waals surface area contributed by atoms with E-state index in [0.29, 0.717) is 39.3 Å². The fourth-order valence-electron chi connectivity index (χ4n) is 4.14. The monoisotopic (exact) mass is 720 g/mol. The first-order valence-corrected chi connectivity index (χ1v) is 15.5. The minimum atomic E-state index is -0.537. The summed E-state index contributed by atoms with van der Waals surface area (Å²) in [6.45, 7) is 2.13. The number of benzene rings is 4. The minimum Gasteiger partial charge on any atom is -0.490 e. The van der Waals surface area contributed by atoms with Crippen LogP contribution in [0.25, 0.3) is 10.1 Å². The van der Waals surface area contributed by atoms with Gasteiger partial charge in [-0.2, -0.15) is 5.10 Å². The fraction of sp³-hybridized carbons (Fsp3) is 0.0625. The number of carbonyl (C=O) groups is 3. The van der Waals surface area contributed by atoms with Crippen molar-refractivity contribution in [2.45, 2.75) is 6.92 Å². The quantitative estimate of drug-likeness (QED) is 0.0490. The van der Waals surface area contributed by atoms with Gasteiger partial charge in [-0.1, -0.05) is 27.5 Å². The van der Waals surface area contributed by atoms with Crippen LogP contribution in [-0.2, 0) is 0 Å². The summed E-state index contributed by atoms with van der Waals surface area (Å²) in [5.74, 6) is -0.949. The van der Waals surface area contributed by atoms with Crippen molar-refractivity contribution >= 4 is 84.3 Å². The summed E-state index contributed by atoms with van der Waals surface area (Å²) in [7, 11) is 0. The number of halogens is 2. The predicted octanol–water partition coefficient (Wildman–Crippen LogP) is 7.86. The molecule has 0 saturated heterocycles. The van der Waals surface area contributed by atoms with Crippen molar-refractivity contribution in [3.8, 4) is 11.5 Å². The van der Waals surface area contributed by atoms with Gasteiger partial charge < -0.3 is 14.8 Å². The van der Waals surface area contributed by atoms with E-state index in [1.165, 1.54) is 36.5 Å². The van der Waals surface area contributed by atoms with E-state index in [2.05, 4.69) is 31.8 Å². The van der Waals surface area contributed by atoms with Crippen LogP contribution < -0.4 is 20.2 Å². The topological polar surface area (TPSA) is 149 Å². The number of anilines is 1. The number of esters is 1. The number of thiophene rings is 1. The lowest BCUT2D eigenvalue weighted by Crippen LogP contribution is -2.17. The summed E-state index contributed by atoms with van der Waals surface area (Å²) in [6.07, 6.45) is 1.42. The molecule has 2 amide bonds. The Labute approximate surface area is 279 Å². The molecule has 14 heteroatoms. The molecule has 2 N–H and O–H groups in total. The Bertz CT molecular complexity index is 2000. The van der Waals surface area contributed by atoms with Crippen molar-refractivity contribution in [2.24, 2.45) is 5.10 Å². The Kier molecular flexibility index (Phi) is 10.1. The minimum absolute atomic E-state index is 0.0978. The first-order chi connectivity index (χ1) is 22.1. The molecule has 1 aromatic heterocycles. The van der Waals surface area contributed by atoms with Crippen molar-refractivity contribution in [2.75, 3.05) is 11.9 Å². The smallest absolute Gasteiger partial charge is 0.343 e. The third kappa shape index (κ3) is 7.57. The van der Waals surface area contributed by atoms with Gasteiger partial charge in [0.25, 0.3) is 17.5 Å². The number of nitrogens with zero attached hydrogens (tertiary/aromatic N) is 2. The molecule has 11 nitrogen and oxygen atoms in total. The van der Waals surface area contributed by atoms with Crippen molar-refractivity contribution in [3.63, 3.8) is 0 Å². The van der Waals surface area contributed by atoms with Crippen LogP contribution in [0.15, 0.2) is 94.5 Å². The summed E-state index contributed by atoms with van der Waals surface area (Å²) in [5.41, 5.74) is 4.00. The zero-order valence-electron chi connectivity index (χ0n) is 23.8. The molecule has 0 fully saturated rings. The van der Waals surface area contributed by atoms with Crippen molar-refractivity contribution in [1.29, 1.82) is 0 Å². The Morgan fingerprint density at radius 1 is 0.957 bits per heavy atom. The molecule has 46 heavy (non-hydrogen) atoms. The molecule has 0 aliphatic carbocycles. The van der Waals surface area contributed by atoms with Crippen LogP contribution in [0.1, 0.15) is 42.9 Å². The van der Waals surface area contributed by atoms with Crippen LogP contribution in [0.5, 0.6) is 11.5 Å². The molecular formula is C32H22BrClN4O7S. The van der Waals surface area contributed by atoms with Crippen molar-refractivity contribution in [3.05, 3.63) is 126 Å². The van der Waals surface area contributed by atoms with Crippen LogP contribution in [0.4, 0.5) is 11.4 Å². The molecule has 5 aromatic rings. The van der Waals surface area contributed by atoms with Crippen LogP contribution >= 0.6 is 38.9 Å². The number of rotatable bonds is 10. The van der Waals surface area contributed by atoms with E-state index in [9.17, 15) is 24.5 Å². The zero-order valence-corrected chi connectivity index (χ0v) is 26.9. The maximum Gasteiger partial charge on any atom is 0.343 e. The summed E-state index contributed by atoms with van der Waals surface area (Å²) >= 11 is 10.8. The highest BCUT2D eigenvalue weighted by molar-refractivity contribution is 9.10. The number of hydrogen-bond acceptors (Lipinski definition) is 9. The number of nitro groups is 1. The van der Waals surface area contributed by atoms with Gasteiger partial charge in [-0.3, -0.25) is 19.7 Å². The number of amides is 2. The molecule has 0 bridgehead atoms. The molecule has 0 aliphatic heterocycles. The van der Waals surface area contributed by atoms with Gasteiger partial charge in [0.15, 0.2) is 11.5 Å². The number of nitro benzene ring substituents is 1. The van der Waals surface area contributed by atoms with Gasteiger partial charge in [0.1, 0.15) is 4.88 Å². The summed E-state index contributed by atoms with van der Waals surface area (Å²) < 4.78 is 12.5. The predicted molar refractivity (Wildman–Crippen MR) is 180 cm³/mol. The van der Waals surface area contributed by atoms with Crippen LogP contribution in [0.3, 0.4) is 0 Å². The number of nitrogens with one attached hydrogen (secondary N) is 2. The largest absolute Gasteiger partial charge is 0.490 e. The molecule has 0 aliphatic rings. The van der Waals surface area contributed by atoms with Crippen LogP contribution in [0, 0.1) is 10.1 Å². The first-order valence-electron chi connectivity index (χ1n) is 13.5. The van der Waals surface area contributed by atoms with Gasteiger partial charge in [0.2, 0.25) is 0 Å². The molecule has 5 rings (SSSR count). The summed E-state index contributed by atoms with van der Waals surface area (Å²) in [4.78, 5) is 48.8. The third-order valence-electron chi connectivity index (χ3n) is 6.36. The standard InChI is InChI=1S/C32H22BrClN4O7S/c1-2-44-26-15-18(3-14-25(26)45-32(41)20-4-8-21(33)9-5-20)17-35-37-30(39)19-6-10-22(11-7-19)36-31(40)29-28(34)24-13-12-23(38(42)43)16-27(24)46-29/h3-17H,2H2,1H3,(H,36,40)(H,37,39)/b35-17-. The summed E-state index contributed by atoms with van der Waals surface area (Å²) in [6, 6.07) is 21.9. The molecular weight excluding hydrogens is 700 g/mol. The van der Waals surface area contributed by atoms with E-state index in [4.69, 9.17) is 21.1 Å². The van der Waals surface area contributed by atoms with E-state index in [1.807, 2.05) is 0 Å². The van der Waals surface area contributed by atoms with Crippen molar-refractivity contribution in [1.82, 2.24) is 5.43 Å². The average Bonchev–Trinajstić information content (AvgIpc) is 3.38. The van der Waals surface area contributed by atoms with Gasteiger partial charge in [0.05, 0.1) is 28.3 Å². The van der Waals surface area contributed by atoms with Gasteiger partial charge in [0, 0.05) is 37.9 Å². The van der Waals surface area contributed by atoms with E-state index < -0.39 is 22.7 Å². The van der Waals surface area contributed by atoms with Crippen LogP contribution in [-0.4, -0.2) is 35.5 Å². The average molecular weight is 722 g/mol. The molecule has 1 heterocycles. The highest BCUT2D eigenvalue weighted by Gasteiger charge is 2.20. The Balaban J connectivity index is 1.19. The van der Waals surface area contributed by atoms with Gasteiger partial charge >= 0.3 is 5.97 Å². The van der Waals surface area contributed by atoms with E-state index in [-0.39, 0.29) is 26.9 Å². The Hall–Kier alpha value is -5.11. The number of non-ortho nitro benzene ring substituents is 1. The lowest BCUT2D eigenvalue weighted by atomic mass is 10.2. The molecule has 0 spiro atoms. The first kappa shape index (κ1) is 32.3. The second-order valence-electron chi connectivity index (χ2n) is 9.45. The van der Waals surface area contributed by atoms with Crippen LogP contribution in [0.2, 0.25) is 5.02 Å². The highest BCUT2D eigenvalue weighted by Crippen LogP contribution is 2.37. The molecule has 232 valence electrons. The third-order valence-corrected chi connectivity index (χ3v) is 8.55. The normalized spacial score (nSPS) is 10.9. The second-order valence-corrected chi connectivity index (χ2v) is 11.8. The Morgan fingerprint density at radius 2 is 1.67 bits per heavy atom. The Morgan fingerprint density at radius 3 is 2.37 bits per heavy atom. The van der Waals surface area contributed by atoms with E-state index >= 15 is 0 Å². The van der Waals surface area contributed by atoms with Gasteiger partial charge in [-0.25, -0.2) is 10.2 Å². The number of hydrazone groups is 1. The maximum absolute atomic E-state index is 12.9. The fourth-order valence-corrected chi connectivity index (χ4v) is 5.85. The number of carbonyl (C=O) groups excluding carboxylic acids is 3. The lowest BCUT2D eigenvalue weighted by Gasteiger charge is -2.11. The van der Waals surface area contributed by atoms with Gasteiger partial charge in [-0.15, -0.1) is 11.3 Å². The van der Waals surface area contributed by atoms with E-state index in [1.54, 1.807) is 61.5 Å². The van der Waals surface area contributed by atoms with Gasteiger partial charge in [-0.05, 0) is 85.3 Å². The number of ether oxygens (including phenoxy) is 2.